The number of anilines is 3. The van der Waals surface area contributed by atoms with Crippen LogP contribution in [-0.2, 0) is 20.9 Å². The number of nitrogens with two attached hydrogens (primary N) is 1. The van der Waals surface area contributed by atoms with E-state index >= 15 is 0 Å². The van der Waals surface area contributed by atoms with Crippen molar-refractivity contribution < 1.29 is 18.8 Å². The molecule has 0 saturated heterocycles. The van der Waals surface area contributed by atoms with Crippen molar-refractivity contribution in [1.82, 2.24) is 5.32 Å². The molecular weight excluding hydrogens is 651 g/mol. The standard InChI is InChI=1S/C41H44ClFN4O3/c1-2-11-32(39(44)48)33(23-27-12-6-7-13-27)40(49)45-36-26-46(31-16-4-3-5-17-31)37-18-8-9-19-38(37)47(41(36)50)25-28-14-10-15-29(22-28)30-20-21-35(43)34(42)24-30/h3-5,8-10,14-22,24,27,32-33,36H,2,6-7,11-13,23,25-26H2,1H3,(H2,44,48)(H,45,49). The second-order valence-corrected chi connectivity index (χ2v) is 13.9. The number of hydrogen-bond donors (Lipinski definition) is 2. The maximum atomic E-state index is 14.8. The molecule has 1 aliphatic carbocycles. The van der Waals surface area contributed by atoms with Gasteiger partial charge in [0.15, 0.2) is 0 Å². The summed E-state index contributed by atoms with van der Waals surface area (Å²) in [6, 6.07) is 29.0. The summed E-state index contributed by atoms with van der Waals surface area (Å²) in [6.45, 7) is 2.40. The van der Waals surface area contributed by atoms with Crippen LogP contribution in [0.4, 0.5) is 21.5 Å². The van der Waals surface area contributed by atoms with Crippen LogP contribution in [0.5, 0.6) is 0 Å². The fourth-order valence-corrected chi connectivity index (χ4v) is 7.79. The first-order chi connectivity index (χ1) is 24.2. The Morgan fingerprint density at radius 3 is 2.30 bits per heavy atom. The highest BCUT2D eigenvalue weighted by Gasteiger charge is 2.39. The molecule has 260 valence electrons. The first-order valence-electron chi connectivity index (χ1n) is 17.6. The van der Waals surface area contributed by atoms with Crippen molar-refractivity contribution in [3.8, 4) is 11.1 Å². The summed E-state index contributed by atoms with van der Waals surface area (Å²) in [5.74, 6) is -2.41. The van der Waals surface area contributed by atoms with E-state index < -0.39 is 29.6 Å². The average Bonchev–Trinajstić information content (AvgIpc) is 3.62. The van der Waals surface area contributed by atoms with Crippen molar-refractivity contribution in [3.05, 3.63) is 113 Å². The summed E-state index contributed by atoms with van der Waals surface area (Å²) in [4.78, 5) is 45.7. The zero-order valence-electron chi connectivity index (χ0n) is 28.4. The van der Waals surface area contributed by atoms with Gasteiger partial charge in [0.2, 0.25) is 11.8 Å². The van der Waals surface area contributed by atoms with E-state index in [-0.39, 0.29) is 29.9 Å². The lowest BCUT2D eigenvalue weighted by Crippen LogP contribution is -2.54. The zero-order valence-corrected chi connectivity index (χ0v) is 29.1. The minimum atomic E-state index is -0.921. The van der Waals surface area contributed by atoms with Gasteiger partial charge in [0.25, 0.3) is 5.91 Å². The van der Waals surface area contributed by atoms with E-state index in [9.17, 15) is 18.8 Å². The van der Waals surface area contributed by atoms with Gasteiger partial charge in [-0.15, -0.1) is 0 Å². The van der Waals surface area contributed by atoms with E-state index in [0.29, 0.717) is 24.4 Å². The van der Waals surface area contributed by atoms with Crippen LogP contribution in [0.2, 0.25) is 5.02 Å². The van der Waals surface area contributed by atoms with Gasteiger partial charge in [-0.3, -0.25) is 14.4 Å². The van der Waals surface area contributed by atoms with Crippen molar-refractivity contribution in [2.75, 3.05) is 16.3 Å². The molecule has 4 aromatic carbocycles. The zero-order chi connectivity index (χ0) is 35.2. The minimum absolute atomic E-state index is 0.0351. The molecule has 6 rings (SSSR count). The van der Waals surface area contributed by atoms with Crippen LogP contribution in [0.1, 0.15) is 57.4 Å². The quantitative estimate of drug-likeness (QED) is 0.156. The maximum Gasteiger partial charge on any atom is 0.251 e. The second kappa shape index (κ2) is 15.9. The topological polar surface area (TPSA) is 95.7 Å². The predicted molar refractivity (Wildman–Crippen MR) is 198 cm³/mol. The molecule has 1 heterocycles. The molecule has 0 bridgehead atoms. The minimum Gasteiger partial charge on any atom is -0.369 e. The Morgan fingerprint density at radius 1 is 0.900 bits per heavy atom. The number of primary amides is 1. The van der Waals surface area contributed by atoms with Crippen LogP contribution in [0.25, 0.3) is 11.1 Å². The Kier molecular flexibility index (Phi) is 11.2. The number of hydrogen-bond acceptors (Lipinski definition) is 4. The number of nitrogens with one attached hydrogen (secondary N) is 1. The lowest BCUT2D eigenvalue weighted by atomic mass is 9.80. The van der Waals surface area contributed by atoms with E-state index in [1.165, 1.54) is 6.07 Å². The fraction of sp³-hybridized carbons (Fsp3) is 0.341. The number of amides is 3. The third-order valence-corrected chi connectivity index (χ3v) is 10.4. The molecule has 50 heavy (non-hydrogen) atoms. The first kappa shape index (κ1) is 35.1. The number of carbonyl (C=O) groups is 3. The Labute approximate surface area is 298 Å². The van der Waals surface area contributed by atoms with E-state index in [2.05, 4.69) is 10.2 Å². The van der Waals surface area contributed by atoms with Gasteiger partial charge < -0.3 is 20.9 Å². The number of halogens is 2. The summed E-state index contributed by atoms with van der Waals surface area (Å²) < 4.78 is 13.9. The molecule has 1 aliphatic heterocycles. The predicted octanol–water partition coefficient (Wildman–Crippen LogP) is 8.41. The maximum absolute atomic E-state index is 14.8. The summed E-state index contributed by atoms with van der Waals surface area (Å²) in [7, 11) is 0. The molecule has 3 atom stereocenters. The van der Waals surface area contributed by atoms with E-state index in [4.69, 9.17) is 17.3 Å². The summed E-state index contributed by atoms with van der Waals surface area (Å²) in [5.41, 5.74) is 10.8. The highest BCUT2D eigenvalue weighted by molar-refractivity contribution is 6.31. The van der Waals surface area contributed by atoms with Gasteiger partial charge in [-0.25, -0.2) is 4.39 Å². The van der Waals surface area contributed by atoms with E-state index in [1.54, 1.807) is 17.0 Å². The number of para-hydroxylation sites is 3. The molecule has 1 fully saturated rings. The Morgan fingerprint density at radius 2 is 1.60 bits per heavy atom. The Balaban J connectivity index is 1.37. The number of nitrogens with zero attached hydrogens (tertiary/aromatic N) is 2. The molecule has 3 unspecified atom stereocenters. The van der Waals surface area contributed by atoms with Gasteiger partial charge in [0.05, 0.1) is 29.5 Å². The lowest BCUT2D eigenvalue weighted by Gasteiger charge is -2.30. The van der Waals surface area contributed by atoms with Gasteiger partial charge >= 0.3 is 0 Å². The fourth-order valence-electron chi connectivity index (χ4n) is 7.61. The molecule has 3 amide bonds. The van der Waals surface area contributed by atoms with Crippen LogP contribution in [0.15, 0.2) is 97.1 Å². The smallest absolute Gasteiger partial charge is 0.251 e. The largest absolute Gasteiger partial charge is 0.369 e. The Hall–Kier alpha value is -4.69. The first-order valence-corrected chi connectivity index (χ1v) is 18.0. The van der Waals surface area contributed by atoms with Gasteiger partial charge in [-0.05, 0) is 77.9 Å². The van der Waals surface area contributed by atoms with Gasteiger partial charge in [0.1, 0.15) is 11.9 Å². The van der Waals surface area contributed by atoms with Crippen molar-refractivity contribution >= 4 is 46.4 Å². The highest BCUT2D eigenvalue weighted by atomic mass is 35.5. The summed E-state index contributed by atoms with van der Waals surface area (Å²) in [5, 5.41) is 3.18. The van der Waals surface area contributed by atoms with Crippen molar-refractivity contribution in [2.45, 2.75) is 64.5 Å². The summed E-state index contributed by atoms with van der Waals surface area (Å²) in [6.07, 6.45) is 6.09. The van der Waals surface area contributed by atoms with Crippen LogP contribution in [0.3, 0.4) is 0 Å². The van der Waals surface area contributed by atoms with Gasteiger partial charge in [0, 0.05) is 17.5 Å². The van der Waals surface area contributed by atoms with Crippen molar-refractivity contribution in [2.24, 2.45) is 23.5 Å². The molecule has 0 aromatic heterocycles. The summed E-state index contributed by atoms with van der Waals surface area (Å²) >= 11 is 6.11. The van der Waals surface area contributed by atoms with E-state index in [1.807, 2.05) is 85.8 Å². The van der Waals surface area contributed by atoms with Crippen LogP contribution >= 0.6 is 11.6 Å². The number of carbonyl (C=O) groups excluding carboxylic acids is 3. The molecule has 9 heteroatoms. The monoisotopic (exact) mass is 694 g/mol. The van der Waals surface area contributed by atoms with Gasteiger partial charge in [-0.1, -0.05) is 105 Å². The molecular formula is C41H44ClFN4O3. The number of fused-ring (bicyclic) bond motifs is 1. The normalized spacial score (nSPS) is 17.6. The molecule has 0 radical (unpaired) electrons. The average molecular weight is 695 g/mol. The van der Waals surface area contributed by atoms with Crippen LogP contribution in [-0.4, -0.2) is 30.3 Å². The lowest BCUT2D eigenvalue weighted by molar-refractivity contribution is -0.136. The second-order valence-electron chi connectivity index (χ2n) is 13.5. The molecule has 4 aromatic rings. The highest BCUT2D eigenvalue weighted by Crippen LogP contribution is 2.39. The number of rotatable bonds is 12. The molecule has 3 N–H and O–H groups in total. The molecule has 0 spiro atoms. The van der Waals surface area contributed by atoms with E-state index in [0.717, 1.165) is 60.2 Å². The molecule has 7 nitrogen and oxygen atoms in total. The van der Waals surface area contributed by atoms with Crippen LogP contribution < -0.4 is 20.9 Å². The number of benzene rings is 4. The molecule has 2 aliphatic rings. The van der Waals surface area contributed by atoms with Gasteiger partial charge in [-0.2, -0.15) is 0 Å². The van der Waals surface area contributed by atoms with Crippen molar-refractivity contribution in [1.29, 1.82) is 0 Å². The third-order valence-electron chi connectivity index (χ3n) is 10.1. The Bertz CT molecular complexity index is 1830. The van der Waals surface area contributed by atoms with Crippen LogP contribution in [0, 0.1) is 23.6 Å². The SMILES string of the molecule is CCCC(C(N)=O)C(CC1CCCC1)C(=O)NC1CN(c2ccccc2)c2ccccc2N(Cc2cccc(-c3ccc(F)c(Cl)c3)c2)C1=O. The van der Waals surface area contributed by atoms with Crippen molar-refractivity contribution in [3.63, 3.8) is 0 Å². The molecule has 1 saturated carbocycles. The third kappa shape index (κ3) is 7.86.